The third-order valence-corrected chi connectivity index (χ3v) is 18.1. The summed E-state index contributed by atoms with van der Waals surface area (Å²) in [6.07, 6.45) is 1.82. The van der Waals surface area contributed by atoms with Crippen LogP contribution < -0.4 is 5.19 Å². The van der Waals surface area contributed by atoms with Gasteiger partial charge < -0.3 is 14.0 Å². The Hall–Kier alpha value is -7.28. The molecule has 0 saturated carbocycles. The minimum atomic E-state index is -1.34. The maximum absolute atomic E-state index is 12.8. The van der Waals surface area contributed by atoms with Gasteiger partial charge in [-0.05, 0) is 149 Å². The van der Waals surface area contributed by atoms with Gasteiger partial charge in [0.25, 0.3) is 0 Å². The molecule has 0 bridgehead atoms. The molecule has 0 amide bonds. The number of nitrogens with zero attached hydrogens (tertiary/aromatic N) is 3. The number of para-hydroxylation sites is 2. The molecule has 0 spiro atoms. The van der Waals surface area contributed by atoms with Gasteiger partial charge in [-0.25, -0.2) is 0 Å². The van der Waals surface area contributed by atoms with Crippen molar-refractivity contribution < 1.29 is 28.9 Å². The average molecular weight is 1260 g/mol. The van der Waals surface area contributed by atoms with Crippen LogP contribution in [0.25, 0.3) is 105 Å². The van der Waals surface area contributed by atoms with Crippen LogP contribution in [0.5, 0.6) is 0 Å². The van der Waals surface area contributed by atoms with Crippen LogP contribution >= 0.6 is 0 Å². The topological polar surface area (TPSA) is 43.9 Å². The Morgan fingerprint density at radius 2 is 1.19 bits per heavy atom. The van der Waals surface area contributed by atoms with E-state index in [1.165, 1.54) is 94.6 Å². The molecule has 81 heavy (non-hydrogen) atoms. The smallest absolute Gasteiger partial charge is 0.121 e. The summed E-state index contributed by atoms with van der Waals surface area (Å²) in [5, 5.41) is 8.35. The Morgan fingerprint density at radius 1 is 0.543 bits per heavy atom. The van der Waals surface area contributed by atoms with Gasteiger partial charge in [0.05, 0.1) is 30.5 Å². The molecule has 411 valence electrons. The fourth-order valence-corrected chi connectivity index (χ4v) is 12.7. The second kappa shape index (κ2) is 22.9. The van der Waals surface area contributed by atoms with Crippen LogP contribution in [-0.2, 0) is 20.1 Å². The summed E-state index contributed by atoms with van der Waals surface area (Å²) in [6.45, 7) is 30.1. The number of pyridine rings is 1. The molecular formula is C74H72FIrN3OSi-2. The molecule has 0 fully saturated rings. The Labute approximate surface area is 492 Å². The van der Waals surface area contributed by atoms with E-state index in [2.05, 4.69) is 250 Å². The van der Waals surface area contributed by atoms with E-state index in [0.717, 1.165) is 55.6 Å². The van der Waals surface area contributed by atoms with E-state index < -0.39 is 8.07 Å². The molecule has 0 aliphatic heterocycles. The Morgan fingerprint density at radius 3 is 1.83 bits per heavy atom. The van der Waals surface area contributed by atoms with Crippen LogP contribution in [0.2, 0.25) is 19.6 Å². The van der Waals surface area contributed by atoms with Gasteiger partial charge in [-0.2, -0.15) is 0 Å². The van der Waals surface area contributed by atoms with E-state index in [-0.39, 0.29) is 37.8 Å². The fourth-order valence-electron chi connectivity index (χ4n) is 11.5. The monoisotopic (exact) mass is 1260 g/mol. The van der Waals surface area contributed by atoms with Crippen LogP contribution in [0.1, 0.15) is 127 Å². The van der Waals surface area contributed by atoms with Crippen molar-refractivity contribution in [1.82, 2.24) is 14.5 Å². The minimum Gasteiger partial charge on any atom is -0.501 e. The van der Waals surface area contributed by atoms with Crippen molar-refractivity contribution in [1.29, 1.82) is 0 Å². The Balaban J connectivity index is 0.000000350. The van der Waals surface area contributed by atoms with E-state index in [1.807, 2.05) is 12.3 Å². The summed E-state index contributed by atoms with van der Waals surface area (Å²) in [5.41, 5.74) is 19.5. The van der Waals surface area contributed by atoms with Gasteiger partial charge in [-0.15, -0.1) is 48.0 Å². The normalized spacial score (nSPS) is 12.0. The first-order valence-corrected chi connectivity index (χ1v) is 32.1. The quantitative estimate of drug-likeness (QED) is 0.0736. The summed E-state index contributed by atoms with van der Waals surface area (Å²) in [4.78, 5) is 9.74. The van der Waals surface area contributed by atoms with Gasteiger partial charge in [-0.3, -0.25) is 9.37 Å². The predicted molar refractivity (Wildman–Crippen MR) is 340 cm³/mol. The first kappa shape index (κ1) is 57.0. The Bertz CT molecular complexity index is 4210. The average Bonchev–Trinajstić information content (AvgIpc) is 3.21. The summed E-state index contributed by atoms with van der Waals surface area (Å²) in [6, 6.07) is 64.6. The molecule has 12 rings (SSSR count). The fraction of sp³-hybridized carbons (Fsp3) is 0.243. The molecular weight excluding hydrogens is 1190 g/mol. The summed E-state index contributed by atoms with van der Waals surface area (Å²) in [5.74, 6) is 2.37. The molecule has 12 aromatic rings. The third kappa shape index (κ3) is 11.0. The van der Waals surface area contributed by atoms with E-state index in [0.29, 0.717) is 17.8 Å². The molecule has 3 aromatic heterocycles. The molecule has 3 heterocycles. The predicted octanol–water partition coefficient (Wildman–Crippen LogP) is 20.9. The largest absolute Gasteiger partial charge is 0.501 e. The zero-order chi connectivity index (χ0) is 56.3. The molecule has 0 aliphatic carbocycles. The van der Waals surface area contributed by atoms with Gasteiger partial charge >= 0.3 is 0 Å². The first-order chi connectivity index (χ1) is 38.3. The zero-order valence-electron chi connectivity index (χ0n) is 49.0. The van der Waals surface area contributed by atoms with Crippen molar-refractivity contribution in [2.45, 2.75) is 118 Å². The number of halogens is 1. The molecule has 4 nitrogen and oxygen atoms in total. The molecule has 1 radical (unpaired) electrons. The number of hydrogen-bond acceptors (Lipinski definition) is 3. The van der Waals surface area contributed by atoms with Crippen molar-refractivity contribution in [3.63, 3.8) is 0 Å². The molecule has 0 saturated heterocycles. The molecule has 0 unspecified atom stereocenters. The van der Waals surface area contributed by atoms with Crippen molar-refractivity contribution >= 4 is 67.8 Å². The molecule has 0 N–H and O–H groups in total. The second-order valence-electron chi connectivity index (χ2n) is 24.3. The second-order valence-corrected chi connectivity index (χ2v) is 29.4. The third-order valence-electron chi connectivity index (χ3n) is 16.0. The van der Waals surface area contributed by atoms with Crippen molar-refractivity contribution in [2.24, 2.45) is 0 Å². The minimum absolute atomic E-state index is 0. The Kier molecular flexibility index (Phi) is 16.1. The van der Waals surface area contributed by atoms with Crippen LogP contribution in [0, 0.1) is 17.9 Å². The SMILES string of the molecule is CC(C)c1cc(C(C)C)c(-c2ccc(-c3cc(C(C)C)c(-n4c(-c5[c-]ccc6c5oc5cc7c(ccc8ccccc87)cc56)nc5ccccc54)c(C(C)C)c3)cc2)c(C(C)C)c1.C[Si](C)(C)c1ccnc(-c2[c-]cc(F)cc2)c1.[Ir]. The molecule has 7 heteroatoms. The maximum atomic E-state index is 12.8. The number of rotatable bonds is 11. The summed E-state index contributed by atoms with van der Waals surface area (Å²) >= 11 is 0. The number of furan rings is 1. The van der Waals surface area contributed by atoms with E-state index in [1.54, 1.807) is 6.07 Å². The number of hydrogen-bond donors (Lipinski definition) is 0. The standard InChI is InChI=1S/C60H57N2O.C14H15FNSi.Ir/c1-34(2)43-29-48(35(3)4)57(49(30-43)36(5)6)41-25-22-39(23-26-41)44-31-50(37(7)8)58(51(32-44)38(9)10)62-55-21-14-13-20-54(55)61-60(62)47-19-15-18-46-53-28-42-27-24-40-16-11-12-17-45(40)52(42)33-56(53)63-59(46)47;1-17(2,3)13-8-9-16-14(10-13)11-4-6-12(15)7-5-11;/h11-18,20-38H,1-10H3;4,6-10H,1-3H3;/q2*-1;. The number of imidazole rings is 1. The number of benzene rings is 9. The van der Waals surface area contributed by atoms with Gasteiger partial charge in [0.2, 0.25) is 0 Å². The van der Waals surface area contributed by atoms with Crippen LogP contribution in [0.4, 0.5) is 4.39 Å². The summed E-state index contributed by atoms with van der Waals surface area (Å²) < 4.78 is 22.2. The van der Waals surface area contributed by atoms with Gasteiger partial charge in [-0.1, -0.05) is 196 Å². The van der Waals surface area contributed by atoms with Crippen molar-refractivity contribution in [3.05, 3.63) is 216 Å². The molecule has 0 atom stereocenters. The zero-order valence-corrected chi connectivity index (χ0v) is 52.4. The number of fused-ring (bicyclic) bond motifs is 7. The van der Waals surface area contributed by atoms with E-state index in [4.69, 9.17) is 9.40 Å². The van der Waals surface area contributed by atoms with Crippen molar-refractivity contribution in [2.75, 3.05) is 0 Å². The van der Waals surface area contributed by atoms with Gasteiger partial charge in [0, 0.05) is 43.2 Å². The van der Waals surface area contributed by atoms with Crippen molar-refractivity contribution in [3.8, 4) is 50.6 Å². The van der Waals surface area contributed by atoms with Crippen LogP contribution in [0.15, 0.2) is 174 Å². The van der Waals surface area contributed by atoms with Gasteiger partial charge in [0.15, 0.2) is 0 Å². The van der Waals surface area contributed by atoms with E-state index in [9.17, 15) is 4.39 Å². The maximum Gasteiger partial charge on any atom is 0.121 e. The van der Waals surface area contributed by atoms with Gasteiger partial charge in [0.1, 0.15) is 5.58 Å². The summed E-state index contributed by atoms with van der Waals surface area (Å²) in [7, 11) is -1.34. The molecule has 0 aliphatic rings. The van der Waals surface area contributed by atoms with Crippen LogP contribution in [-0.4, -0.2) is 22.6 Å². The van der Waals surface area contributed by atoms with Crippen LogP contribution in [0.3, 0.4) is 0 Å². The first-order valence-electron chi connectivity index (χ1n) is 28.6. The molecule has 9 aromatic carbocycles. The van der Waals surface area contributed by atoms with E-state index >= 15 is 0 Å². The number of aromatic nitrogens is 3.